The number of amides is 1. The molecule has 0 saturated carbocycles. The smallest absolute Gasteiger partial charge is 0.253 e. The van der Waals surface area contributed by atoms with Crippen molar-refractivity contribution in [1.29, 1.82) is 5.26 Å². The molecule has 0 fully saturated rings. The van der Waals surface area contributed by atoms with E-state index in [4.69, 9.17) is 28.5 Å². The molecule has 0 bridgehead atoms. The SMILES string of the molecule is CS(=O)(=NC#N)c1ccc([C@@H](O)[C@@H](CF)NC(=O)C(Cl)Cl)cc1. The molecule has 0 aromatic heterocycles. The fourth-order valence-electron chi connectivity index (χ4n) is 1.73. The number of aliphatic hydroxyl groups is 1. The summed E-state index contributed by atoms with van der Waals surface area (Å²) in [6.45, 7) is -1.04. The summed E-state index contributed by atoms with van der Waals surface area (Å²) in [4.78, 5) is 10.3. The lowest BCUT2D eigenvalue weighted by molar-refractivity contribution is -0.121. The van der Waals surface area contributed by atoms with Crippen molar-refractivity contribution in [1.82, 2.24) is 5.32 Å². The molecule has 0 aliphatic carbocycles. The Labute approximate surface area is 143 Å². The molecule has 1 aromatic carbocycles. The van der Waals surface area contributed by atoms with E-state index in [9.17, 15) is 18.5 Å². The van der Waals surface area contributed by atoms with Gasteiger partial charge < -0.3 is 10.4 Å². The second kappa shape index (κ2) is 8.45. The molecule has 6 nitrogen and oxygen atoms in total. The Morgan fingerprint density at radius 2 is 2.04 bits per heavy atom. The van der Waals surface area contributed by atoms with Crippen molar-refractivity contribution < 1.29 is 18.5 Å². The first-order valence-electron chi connectivity index (χ1n) is 6.25. The van der Waals surface area contributed by atoms with Crippen LogP contribution in [-0.4, -0.2) is 39.0 Å². The van der Waals surface area contributed by atoms with Gasteiger partial charge in [0.25, 0.3) is 5.91 Å². The lowest BCUT2D eigenvalue weighted by Crippen LogP contribution is -2.43. The van der Waals surface area contributed by atoms with Gasteiger partial charge in [-0.1, -0.05) is 35.3 Å². The first-order chi connectivity index (χ1) is 10.7. The number of nitriles is 1. The number of aliphatic hydroxyl groups excluding tert-OH is 1. The van der Waals surface area contributed by atoms with Gasteiger partial charge in [0.1, 0.15) is 12.8 Å². The molecule has 0 heterocycles. The molecule has 1 aromatic rings. The number of carbonyl (C=O) groups is 1. The highest BCUT2D eigenvalue weighted by Crippen LogP contribution is 2.21. The predicted molar refractivity (Wildman–Crippen MR) is 85.2 cm³/mol. The average molecular weight is 382 g/mol. The van der Waals surface area contributed by atoms with Gasteiger partial charge in [0.15, 0.2) is 4.84 Å². The van der Waals surface area contributed by atoms with Crippen molar-refractivity contribution in [2.45, 2.75) is 21.9 Å². The molecule has 10 heteroatoms. The molecule has 0 saturated heterocycles. The largest absolute Gasteiger partial charge is 0.386 e. The van der Waals surface area contributed by atoms with Gasteiger partial charge in [-0.25, -0.2) is 8.60 Å². The van der Waals surface area contributed by atoms with Crippen LogP contribution in [0.5, 0.6) is 0 Å². The maximum Gasteiger partial charge on any atom is 0.253 e. The Morgan fingerprint density at radius 1 is 1.48 bits per heavy atom. The van der Waals surface area contributed by atoms with Gasteiger partial charge in [0.05, 0.1) is 15.8 Å². The van der Waals surface area contributed by atoms with E-state index in [1.807, 2.05) is 0 Å². The van der Waals surface area contributed by atoms with Crippen molar-refractivity contribution in [3.63, 3.8) is 0 Å². The molecule has 23 heavy (non-hydrogen) atoms. The Kier molecular flexibility index (Phi) is 7.22. The molecule has 2 N–H and O–H groups in total. The van der Waals surface area contributed by atoms with Gasteiger partial charge in [0, 0.05) is 11.2 Å². The Bertz CT molecular complexity index is 712. The van der Waals surface area contributed by atoms with E-state index in [1.54, 1.807) is 0 Å². The summed E-state index contributed by atoms with van der Waals surface area (Å²) in [7, 11) is -2.86. The zero-order chi connectivity index (χ0) is 17.6. The van der Waals surface area contributed by atoms with Crippen molar-refractivity contribution in [2.24, 2.45) is 4.36 Å². The monoisotopic (exact) mass is 381 g/mol. The number of halogens is 3. The normalized spacial score (nSPS) is 16.0. The summed E-state index contributed by atoms with van der Waals surface area (Å²) in [6.07, 6.45) is 1.42. The molecule has 126 valence electrons. The van der Waals surface area contributed by atoms with E-state index in [2.05, 4.69) is 9.68 Å². The first-order valence-corrected chi connectivity index (χ1v) is 9.05. The number of benzene rings is 1. The van der Waals surface area contributed by atoms with Gasteiger partial charge in [-0.3, -0.25) is 4.79 Å². The summed E-state index contributed by atoms with van der Waals surface area (Å²) < 4.78 is 28.4. The van der Waals surface area contributed by atoms with Gasteiger partial charge in [-0.2, -0.15) is 5.26 Å². The van der Waals surface area contributed by atoms with Crippen LogP contribution in [0.25, 0.3) is 0 Å². The lowest BCUT2D eigenvalue weighted by Gasteiger charge is -2.22. The number of carbonyl (C=O) groups excluding carboxylic acids is 1. The minimum Gasteiger partial charge on any atom is -0.386 e. The Hall–Kier alpha value is -1.40. The number of nitrogens with one attached hydrogen (secondary N) is 1. The van der Waals surface area contributed by atoms with Crippen molar-refractivity contribution in [2.75, 3.05) is 12.9 Å². The molecule has 0 radical (unpaired) electrons. The second-order valence-corrected chi connectivity index (χ2v) is 7.93. The minimum absolute atomic E-state index is 0.282. The molecule has 1 amide bonds. The zero-order valence-electron chi connectivity index (χ0n) is 11.9. The highest BCUT2D eigenvalue weighted by atomic mass is 35.5. The maximum absolute atomic E-state index is 13.0. The fourth-order valence-corrected chi connectivity index (χ4v) is 2.76. The van der Waals surface area contributed by atoms with E-state index in [0.717, 1.165) is 0 Å². The van der Waals surface area contributed by atoms with Crippen LogP contribution in [0.4, 0.5) is 4.39 Å². The minimum atomic E-state index is -2.86. The summed E-state index contributed by atoms with van der Waals surface area (Å²) >= 11 is 10.7. The average Bonchev–Trinajstić information content (AvgIpc) is 2.51. The summed E-state index contributed by atoms with van der Waals surface area (Å²) in [6, 6.07) is 4.39. The Morgan fingerprint density at radius 3 is 2.48 bits per heavy atom. The first kappa shape index (κ1) is 19.6. The molecule has 1 unspecified atom stereocenters. The molecule has 1 rings (SSSR count). The fraction of sp³-hybridized carbons (Fsp3) is 0.385. The topological polar surface area (TPSA) is 103 Å². The standard InChI is InChI=1S/C13H14Cl2FN3O3S/c1-23(22,18-7-17)9-4-2-8(3-5-9)11(20)10(6-16)19-13(21)12(14)15/h2-5,10-12,20H,6H2,1H3,(H,19,21)/t10-,11-,23?/m1/s1. The summed E-state index contributed by atoms with van der Waals surface area (Å²) in [5, 5.41) is 20.8. The van der Waals surface area contributed by atoms with Gasteiger partial charge in [0.2, 0.25) is 6.19 Å². The number of nitrogens with zero attached hydrogens (tertiary/aromatic N) is 2. The molecule has 0 spiro atoms. The highest BCUT2D eigenvalue weighted by Gasteiger charge is 2.25. The van der Waals surface area contributed by atoms with Crippen LogP contribution in [0.2, 0.25) is 0 Å². The van der Waals surface area contributed by atoms with E-state index >= 15 is 0 Å². The molecule has 0 aliphatic heterocycles. The molecule has 3 atom stereocenters. The van der Waals surface area contributed by atoms with Crippen molar-refractivity contribution in [3.05, 3.63) is 29.8 Å². The molecule has 0 aliphatic rings. The van der Waals surface area contributed by atoms with E-state index < -0.39 is 39.3 Å². The van der Waals surface area contributed by atoms with E-state index in [-0.39, 0.29) is 10.5 Å². The number of rotatable bonds is 6. The molecular weight excluding hydrogens is 368 g/mol. The Balaban J connectivity index is 2.98. The van der Waals surface area contributed by atoms with Crippen LogP contribution in [0.15, 0.2) is 33.5 Å². The van der Waals surface area contributed by atoms with E-state index in [0.29, 0.717) is 0 Å². The third-order valence-electron chi connectivity index (χ3n) is 2.95. The zero-order valence-corrected chi connectivity index (χ0v) is 14.3. The quantitative estimate of drug-likeness (QED) is 0.580. The lowest BCUT2D eigenvalue weighted by atomic mass is 10.0. The van der Waals surface area contributed by atoms with Crippen LogP contribution in [0.3, 0.4) is 0 Å². The summed E-state index contributed by atoms with van der Waals surface area (Å²) in [5.41, 5.74) is 0.282. The number of hydrogen-bond donors (Lipinski definition) is 2. The van der Waals surface area contributed by atoms with Gasteiger partial charge >= 0.3 is 0 Å². The number of hydrogen-bond acceptors (Lipinski definition) is 5. The van der Waals surface area contributed by atoms with Gasteiger partial charge in [-0.15, -0.1) is 4.36 Å². The maximum atomic E-state index is 13.0. The predicted octanol–water partition coefficient (Wildman–Crippen LogP) is 1.92. The highest BCUT2D eigenvalue weighted by molar-refractivity contribution is 7.93. The third kappa shape index (κ3) is 5.32. The van der Waals surface area contributed by atoms with Crippen molar-refractivity contribution >= 4 is 38.8 Å². The van der Waals surface area contributed by atoms with Gasteiger partial charge in [-0.05, 0) is 17.7 Å². The van der Waals surface area contributed by atoms with Crippen LogP contribution in [0.1, 0.15) is 11.7 Å². The number of alkyl halides is 3. The van der Waals surface area contributed by atoms with Crippen LogP contribution >= 0.6 is 23.2 Å². The second-order valence-electron chi connectivity index (χ2n) is 4.58. The third-order valence-corrected chi connectivity index (χ3v) is 4.92. The van der Waals surface area contributed by atoms with Crippen LogP contribution < -0.4 is 5.32 Å². The molecular formula is C13H14Cl2FN3O3S. The van der Waals surface area contributed by atoms with E-state index in [1.165, 1.54) is 36.7 Å². The van der Waals surface area contributed by atoms with Crippen LogP contribution in [0, 0.1) is 11.5 Å². The summed E-state index contributed by atoms with van der Waals surface area (Å²) in [5.74, 6) is -0.823. The van der Waals surface area contributed by atoms with Crippen LogP contribution in [-0.2, 0) is 14.5 Å². The van der Waals surface area contributed by atoms with Crippen molar-refractivity contribution in [3.8, 4) is 6.19 Å².